The number of pyridine rings is 1. The summed E-state index contributed by atoms with van der Waals surface area (Å²) in [5.74, 6) is 2.62. The molecule has 1 aliphatic heterocycles. The largest absolute Gasteiger partial charge is 0.507 e. The highest BCUT2D eigenvalue weighted by Gasteiger charge is 2.31. The maximum Gasteiger partial charge on any atom is 0.244 e. The molecule has 3 heterocycles. The molecule has 1 atom stereocenters. The summed E-state index contributed by atoms with van der Waals surface area (Å²) in [6.07, 6.45) is 3.67. The molecular formula is C22H27N5O4. The monoisotopic (exact) mass is 425 g/mol. The zero-order chi connectivity index (χ0) is 21.6. The third-order valence-electron chi connectivity index (χ3n) is 5.40. The Morgan fingerprint density at radius 2 is 2.19 bits per heavy atom. The van der Waals surface area contributed by atoms with Crippen LogP contribution >= 0.6 is 0 Å². The summed E-state index contributed by atoms with van der Waals surface area (Å²) in [6, 6.07) is 9.14. The molecule has 2 aromatic heterocycles. The fraction of sp³-hybridized carbons (Fsp3) is 0.409. The van der Waals surface area contributed by atoms with Crippen molar-refractivity contribution in [2.45, 2.75) is 25.4 Å². The van der Waals surface area contributed by atoms with E-state index in [-0.39, 0.29) is 11.8 Å². The minimum Gasteiger partial charge on any atom is -0.507 e. The molecule has 2 N–H and O–H groups in total. The molecule has 1 saturated heterocycles. The molecule has 0 aliphatic carbocycles. The Labute approximate surface area is 181 Å². The van der Waals surface area contributed by atoms with E-state index in [0.29, 0.717) is 43.0 Å². The van der Waals surface area contributed by atoms with Crippen LogP contribution in [-0.2, 0) is 11.3 Å². The van der Waals surface area contributed by atoms with Gasteiger partial charge in [0, 0.05) is 38.0 Å². The number of phenols is 1. The van der Waals surface area contributed by atoms with Crippen LogP contribution < -0.4 is 10.1 Å². The number of nitrogens with one attached hydrogen (secondary N) is 1. The molecule has 9 heteroatoms. The number of rotatable bonds is 9. The number of hydrogen-bond donors (Lipinski definition) is 2. The molecule has 31 heavy (non-hydrogen) atoms. The maximum atomic E-state index is 10.3. The average Bonchev–Trinajstić information content (AvgIpc) is 3.45. The normalized spacial score (nSPS) is 16.5. The van der Waals surface area contributed by atoms with Gasteiger partial charge in [-0.25, -0.2) is 4.98 Å². The van der Waals surface area contributed by atoms with Gasteiger partial charge in [-0.1, -0.05) is 11.2 Å². The van der Waals surface area contributed by atoms with Crippen LogP contribution in [0.3, 0.4) is 0 Å². The first-order chi connectivity index (χ1) is 15.2. The second-order valence-corrected chi connectivity index (χ2v) is 7.40. The molecule has 4 rings (SSSR count). The minimum atomic E-state index is 0.00400. The van der Waals surface area contributed by atoms with Gasteiger partial charge in [0.05, 0.1) is 25.3 Å². The summed E-state index contributed by atoms with van der Waals surface area (Å²) in [4.78, 5) is 11.3. The Hall–Kier alpha value is -3.17. The van der Waals surface area contributed by atoms with Crippen LogP contribution in [0.2, 0.25) is 0 Å². The van der Waals surface area contributed by atoms with Crippen molar-refractivity contribution in [3.05, 3.63) is 48.0 Å². The smallest absolute Gasteiger partial charge is 0.244 e. The summed E-state index contributed by atoms with van der Waals surface area (Å²) >= 11 is 0. The van der Waals surface area contributed by atoms with Crippen LogP contribution in [-0.4, -0.2) is 59.0 Å². The first kappa shape index (κ1) is 21.1. The topological polar surface area (TPSA) is 106 Å². The van der Waals surface area contributed by atoms with Crippen molar-refractivity contribution in [3.8, 4) is 22.9 Å². The first-order valence-corrected chi connectivity index (χ1v) is 10.3. The summed E-state index contributed by atoms with van der Waals surface area (Å²) in [7, 11) is 3.24. The Bertz CT molecular complexity index is 1010. The van der Waals surface area contributed by atoms with Crippen molar-refractivity contribution in [1.29, 1.82) is 0 Å². The highest BCUT2D eigenvalue weighted by atomic mass is 16.5. The lowest BCUT2D eigenvalue weighted by molar-refractivity contribution is 0.199. The molecule has 1 fully saturated rings. The van der Waals surface area contributed by atoms with Crippen molar-refractivity contribution in [3.63, 3.8) is 0 Å². The zero-order valence-electron chi connectivity index (χ0n) is 17.7. The second kappa shape index (κ2) is 9.76. The summed E-state index contributed by atoms with van der Waals surface area (Å²) in [5, 5.41) is 17.8. The number of benzene rings is 1. The second-order valence-electron chi connectivity index (χ2n) is 7.40. The van der Waals surface area contributed by atoms with Gasteiger partial charge in [0.2, 0.25) is 11.7 Å². The van der Waals surface area contributed by atoms with Gasteiger partial charge in [0.15, 0.2) is 0 Å². The molecule has 0 amide bonds. The number of likely N-dealkylation sites (tertiary alicyclic amines) is 1. The van der Waals surface area contributed by atoms with Crippen LogP contribution in [0.15, 0.2) is 41.1 Å². The molecule has 0 spiro atoms. The Balaban J connectivity index is 1.51. The van der Waals surface area contributed by atoms with Gasteiger partial charge in [0.25, 0.3) is 0 Å². The van der Waals surface area contributed by atoms with E-state index in [1.165, 1.54) is 0 Å². The predicted octanol–water partition coefficient (Wildman–Crippen LogP) is 3.24. The van der Waals surface area contributed by atoms with E-state index >= 15 is 0 Å². The van der Waals surface area contributed by atoms with Crippen LogP contribution in [0.4, 0.5) is 5.82 Å². The lowest BCUT2D eigenvalue weighted by atomic mass is 10.1. The van der Waals surface area contributed by atoms with Crippen molar-refractivity contribution < 1.29 is 19.1 Å². The molecule has 0 bridgehead atoms. The number of anilines is 1. The number of nitrogens with zero attached hydrogens (tertiary/aromatic N) is 4. The maximum absolute atomic E-state index is 10.3. The highest BCUT2D eigenvalue weighted by molar-refractivity contribution is 5.69. The number of phenolic OH excluding ortho intramolecular Hbond substituents is 1. The fourth-order valence-electron chi connectivity index (χ4n) is 3.80. The molecule has 164 valence electrons. The summed E-state index contributed by atoms with van der Waals surface area (Å²) in [6.45, 7) is 2.69. The summed E-state index contributed by atoms with van der Waals surface area (Å²) in [5.41, 5.74) is 1.62. The van der Waals surface area contributed by atoms with Crippen LogP contribution in [0.25, 0.3) is 11.4 Å². The number of ether oxygens (including phenoxy) is 2. The molecule has 9 nitrogen and oxygen atoms in total. The molecule has 0 radical (unpaired) electrons. The molecule has 0 unspecified atom stereocenters. The van der Waals surface area contributed by atoms with Crippen molar-refractivity contribution >= 4 is 5.82 Å². The van der Waals surface area contributed by atoms with E-state index in [9.17, 15) is 5.11 Å². The van der Waals surface area contributed by atoms with Gasteiger partial charge in [-0.05, 0) is 37.6 Å². The van der Waals surface area contributed by atoms with Gasteiger partial charge in [-0.2, -0.15) is 4.98 Å². The van der Waals surface area contributed by atoms with Crippen molar-refractivity contribution in [1.82, 2.24) is 20.0 Å². The van der Waals surface area contributed by atoms with Gasteiger partial charge in [0.1, 0.15) is 17.3 Å². The van der Waals surface area contributed by atoms with E-state index in [1.54, 1.807) is 26.5 Å². The first-order valence-electron chi connectivity index (χ1n) is 10.3. The molecular weight excluding hydrogens is 398 g/mol. The van der Waals surface area contributed by atoms with Gasteiger partial charge in [-0.3, -0.25) is 4.90 Å². The lowest BCUT2D eigenvalue weighted by Crippen LogP contribution is -2.23. The quantitative estimate of drug-likeness (QED) is 0.500. The minimum absolute atomic E-state index is 0.00400. The third kappa shape index (κ3) is 4.78. The lowest BCUT2D eigenvalue weighted by Gasteiger charge is -2.22. The van der Waals surface area contributed by atoms with Gasteiger partial charge < -0.3 is 24.4 Å². The number of hydrogen-bond acceptors (Lipinski definition) is 9. The summed E-state index contributed by atoms with van der Waals surface area (Å²) < 4.78 is 15.9. The van der Waals surface area contributed by atoms with Crippen LogP contribution in [0.1, 0.15) is 30.3 Å². The Morgan fingerprint density at radius 1 is 1.29 bits per heavy atom. The zero-order valence-corrected chi connectivity index (χ0v) is 17.7. The van der Waals surface area contributed by atoms with E-state index < -0.39 is 0 Å². The van der Waals surface area contributed by atoms with Gasteiger partial charge in [-0.15, -0.1) is 0 Å². The van der Waals surface area contributed by atoms with E-state index in [4.69, 9.17) is 14.0 Å². The Kier molecular flexibility index (Phi) is 6.63. The van der Waals surface area contributed by atoms with Crippen molar-refractivity contribution in [2.75, 3.05) is 39.2 Å². The van der Waals surface area contributed by atoms with Crippen molar-refractivity contribution in [2.24, 2.45) is 0 Å². The Morgan fingerprint density at radius 3 is 3.00 bits per heavy atom. The number of methoxy groups -OCH3 is 2. The van der Waals surface area contributed by atoms with Gasteiger partial charge >= 0.3 is 0 Å². The highest BCUT2D eigenvalue weighted by Crippen LogP contribution is 2.35. The molecule has 3 aromatic rings. The standard InChI is InChI=1S/C22H27N5O4/c1-29-12-10-24-20-17(5-3-9-23-20)21-25-22(31-26-21)18-6-4-11-27(18)14-15-7-8-16(30-2)13-19(15)28/h3,5,7-9,13,18,28H,4,6,10-12,14H2,1-2H3,(H,23,24)/t18-/m0/s1. The molecule has 1 aromatic carbocycles. The number of aromatic nitrogens is 3. The van der Waals surface area contributed by atoms with E-state index in [0.717, 1.165) is 30.5 Å². The van der Waals surface area contributed by atoms with E-state index in [1.807, 2.05) is 24.3 Å². The SMILES string of the molecule is COCCNc1ncccc1-c1noc([C@@H]2CCCN2Cc2ccc(OC)cc2O)n1. The van der Waals surface area contributed by atoms with Crippen LogP contribution in [0, 0.1) is 0 Å². The van der Waals surface area contributed by atoms with E-state index in [2.05, 4.69) is 25.3 Å². The fourth-order valence-corrected chi connectivity index (χ4v) is 3.80. The van der Waals surface area contributed by atoms with Crippen LogP contribution in [0.5, 0.6) is 11.5 Å². The predicted molar refractivity (Wildman–Crippen MR) is 115 cm³/mol. The molecule has 0 saturated carbocycles. The third-order valence-corrected chi connectivity index (χ3v) is 5.40. The molecule has 1 aliphatic rings. The number of aromatic hydroxyl groups is 1. The average molecular weight is 425 g/mol.